The SMILES string of the molecule is CCc1cccc2cc(O)cc(-c3ncc4c(N5CC6CCC(C5)N6)nc(OCC5(CN6CCC(N7CCC8(CC7)CN(c7ccc9c(c7)CN(C7CCC(=O)NC7=O)C9=O)C8)CC6)CC5)nc4c3F)c12. The van der Waals surface area contributed by atoms with Crippen LogP contribution in [0.25, 0.3) is 32.9 Å². The summed E-state index contributed by atoms with van der Waals surface area (Å²) in [5.74, 6) is -0.584. The van der Waals surface area contributed by atoms with Gasteiger partial charge in [0.25, 0.3) is 5.91 Å². The van der Waals surface area contributed by atoms with Crippen LogP contribution in [0.2, 0.25) is 0 Å². The number of aromatic nitrogens is 3. The highest BCUT2D eigenvalue weighted by atomic mass is 19.1. The molecule has 3 unspecified atom stereocenters. The van der Waals surface area contributed by atoms with Crippen LogP contribution < -0.4 is 25.2 Å². The number of hydrogen-bond acceptors (Lipinski definition) is 13. The molecule has 1 spiro atoms. The van der Waals surface area contributed by atoms with Gasteiger partial charge in [0.1, 0.15) is 28.8 Å². The smallest absolute Gasteiger partial charge is 0.319 e. The number of piperazine rings is 1. The largest absolute Gasteiger partial charge is 0.508 e. The average molecular weight is 963 g/mol. The molecule has 15 nitrogen and oxygen atoms in total. The molecule has 1 saturated carbocycles. The number of pyridine rings is 1. The van der Waals surface area contributed by atoms with Gasteiger partial charge in [-0.1, -0.05) is 25.1 Å². The van der Waals surface area contributed by atoms with Gasteiger partial charge in [0.2, 0.25) is 11.8 Å². The van der Waals surface area contributed by atoms with Crippen molar-refractivity contribution in [2.75, 3.05) is 75.3 Å². The van der Waals surface area contributed by atoms with Gasteiger partial charge in [-0.2, -0.15) is 9.97 Å². The highest BCUT2D eigenvalue weighted by molar-refractivity contribution is 6.06. The van der Waals surface area contributed by atoms with Crippen molar-refractivity contribution >= 4 is 50.9 Å². The predicted molar refractivity (Wildman–Crippen MR) is 268 cm³/mol. The van der Waals surface area contributed by atoms with Crippen molar-refractivity contribution in [3.05, 3.63) is 77.2 Å². The van der Waals surface area contributed by atoms with Crippen LogP contribution in [-0.2, 0) is 22.6 Å². The van der Waals surface area contributed by atoms with Crippen LogP contribution in [0.5, 0.6) is 11.8 Å². The fourth-order valence-electron chi connectivity index (χ4n) is 13.5. The van der Waals surface area contributed by atoms with Crippen LogP contribution in [0.1, 0.15) is 92.6 Å². The van der Waals surface area contributed by atoms with Crippen LogP contribution >= 0.6 is 0 Å². The van der Waals surface area contributed by atoms with Gasteiger partial charge in [0.05, 0.1) is 12.0 Å². The summed E-state index contributed by atoms with van der Waals surface area (Å²) in [5, 5.41) is 19.2. The van der Waals surface area contributed by atoms with Crippen molar-refractivity contribution < 1.29 is 28.6 Å². The molecule has 9 heterocycles. The molecule has 0 radical (unpaired) electrons. The molecule has 6 saturated heterocycles. The Kier molecular flexibility index (Phi) is 11.0. The van der Waals surface area contributed by atoms with E-state index >= 15 is 4.39 Å². The molecule has 3 atom stereocenters. The van der Waals surface area contributed by atoms with Crippen molar-refractivity contribution in [3.8, 4) is 23.0 Å². The average Bonchev–Trinajstić information content (AvgIpc) is 3.94. The number of rotatable bonds is 11. The van der Waals surface area contributed by atoms with Crippen molar-refractivity contribution in [2.45, 2.75) is 108 Å². The number of aryl methyl sites for hydroxylation is 1. The summed E-state index contributed by atoms with van der Waals surface area (Å²) < 4.78 is 23.8. The van der Waals surface area contributed by atoms with E-state index in [1.165, 1.54) is 12.8 Å². The van der Waals surface area contributed by atoms with Gasteiger partial charge < -0.3 is 39.7 Å². The number of hydrogen-bond donors (Lipinski definition) is 3. The molecule has 71 heavy (non-hydrogen) atoms. The van der Waals surface area contributed by atoms with Gasteiger partial charge in [0.15, 0.2) is 5.82 Å². The Bertz CT molecular complexity index is 2970. The normalized spacial score (nSPS) is 25.3. The number of amides is 3. The van der Waals surface area contributed by atoms with Gasteiger partial charge >= 0.3 is 6.01 Å². The maximum absolute atomic E-state index is 17.2. The highest BCUT2D eigenvalue weighted by Gasteiger charge is 2.48. The molecule has 7 aliphatic heterocycles. The quantitative estimate of drug-likeness (QED) is 0.129. The standard InChI is InChI=1S/C55H63FN10O5/c1-2-33-4-3-5-34-23-40(67)24-42(46(33)34)48-47(56)49-43(25-57-48)50(64-27-36-6-7-37(28-64)58-36)61-53(60-49)71-32-55(14-15-55)29-62-18-12-38(13-19-62)63-20-16-54(17-21-63)30-65(31-54)39-8-9-41-35(22-39)26-66(52(41)70)44-10-11-45(68)59-51(44)69/h3-5,8-9,22-25,36-38,44,58,67H,2,6-7,10-21,26-32H2,1H3,(H,59,68,69). The van der Waals surface area contributed by atoms with E-state index in [4.69, 9.17) is 19.7 Å². The molecular formula is C55H63FN10O5. The van der Waals surface area contributed by atoms with Crippen LogP contribution in [0.3, 0.4) is 0 Å². The van der Waals surface area contributed by atoms with E-state index in [-0.39, 0.29) is 52.5 Å². The zero-order chi connectivity index (χ0) is 48.2. The molecule has 2 aromatic heterocycles. The van der Waals surface area contributed by atoms with Gasteiger partial charge in [-0.3, -0.25) is 24.7 Å². The number of fused-ring (bicyclic) bond motifs is 5. The van der Waals surface area contributed by atoms with Crippen molar-refractivity contribution in [1.29, 1.82) is 0 Å². The Balaban J connectivity index is 0.638. The maximum Gasteiger partial charge on any atom is 0.319 e. The van der Waals surface area contributed by atoms with E-state index in [2.05, 4.69) is 49.3 Å². The first kappa shape index (κ1) is 44.9. The number of imide groups is 1. The predicted octanol–water partition coefficient (Wildman–Crippen LogP) is 6.18. The molecular weight excluding hydrogens is 900 g/mol. The lowest BCUT2D eigenvalue weighted by Crippen LogP contribution is -2.61. The summed E-state index contributed by atoms with van der Waals surface area (Å²) in [6.45, 7) is 11.9. The second kappa shape index (κ2) is 17.4. The molecule has 2 bridgehead atoms. The summed E-state index contributed by atoms with van der Waals surface area (Å²) in [6, 6.07) is 16.3. The van der Waals surface area contributed by atoms with E-state index in [0.717, 1.165) is 131 Å². The zero-order valence-corrected chi connectivity index (χ0v) is 40.6. The lowest BCUT2D eigenvalue weighted by atomic mass is 9.71. The third-order valence-corrected chi connectivity index (χ3v) is 17.7. The number of benzene rings is 3. The number of phenolic OH excluding ortho intramolecular Hbond substituents is 1. The minimum absolute atomic E-state index is 0.0212. The summed E-state index contributed by atoms with van der Waals surface area (Å²) in [7, 11) is 0. The van der Waals surface area contributed by atoms with E-state index in [1.54, 1.807) is 23.2 Å². The van der Waals surface area contributed by atoms with Crippen LogP contribution in [0, 0.1) is 16.6 Å². The first-order chi connectivity index (χ1) is 34.5. The number of halogens is 1. The number of aromatic hydroxyl groups is 1. The molecule has 3 aromatic carbocycles. The molecule has 13 rings (SSSR count). The monoisotopic (exact) mass is 962 g/mol. The highest BCUT2D eigenvalue weighted by Crippen LogP contribution is 2.48. The molecule has 370 valence electrons. The van der Waals surface area contributed by atoms with Gasteiger partial charge in [-0.15, -0.1) is 0 Å². The molecule has 5 aromatic rings. The molecule has 7 fully saturated rings. The van der Waals surface area contributed by atoms with Crippen molar-refractivity contribution in [1.82, 2.24) is 40.3 Å². The second-order valence-corrected chi connectivity index (χ2v) is 22.3. The first-order valence-corrected chi connectivity index (χ1v) is 26.2. The number of anilines is 2. The Hall–Kier alpha value is -5.97. The Labute approximate surface area is 413 Å². The minimum atomic E-state index is -0.599. The summed E-state index contributed by atoms with van der Waals surface area (Å²) in [4.78, 5) is 63.8. The molecule has 3 N–H and O–H groups in total. The summed E-state index contributed by atoms with van der Waals surface area (Å²) >= 11 is 0. The van der Waals surface area contributed by atoms with E-state index < -0.39 is 11.9 Å². The molecule has 3 amide bonds. The van der Waals surface area contributed by atoms with Gasteiger partial charge in [-0.05, 0) is 143 Å². The Morgan fingerprint density at radius 1 is 0.873 bits per heavy atom. The molecule has 1 aliphatic carbocycles. The number of carbonyl (C=O) groups excluding carboxylic acids is 3. The number of nitrogens with zero attached hydrogens (tertiary/aromatic N) is 8. The third kappa shape index (κ3) is 8.13. The molecule has 16 heteroatoms. The second-order valence-electron chi connectivity index (χ2n) is 22.3. The fraction of sp³-hybridized carbons (Fsp3) is 0.527. The van der Waals surface area contributed by atoms with Crippen molar-refractivity contribution in [2.24, 2.45) is 10.8 Å². The first-order valence-electron chi connectivity index (χ1n) is 26.2. The topological polar surface area (TPSA) is 160 Å². The number of ether oxygens (including phenoxy) is 1. The summed E-state index contributed by atoms with van der Waals surface area (Å²) in [5.41, 5.74) is 5.06. The van der Waals surface area contributed by atoms with Crippen LogP contribution in [-0.4, -0.2) is 142 Å². The van der Waals surface area contributed by atoms with E-state index in [1.807, 2.05) is 24.3 Å². The van der Waals surface area contributed by atoms with Crippen LogP contribution in [0.15, 0.2) is 54.7 Å². The van der Waals surface area contributed by atoms with Gasteiger partial charge in [-0.25, -0.2) is 4.39 Å². The molecule has 8 aliphatic rings. The fourth-order valence-corrected chi connectivity index (χ4v) is 13.5. The number of likely N-dealkylation sites (tertiary alicyclic amines) is 2. The van der Waals surface area contributed by atoms with E-state index in [0.29, 0.717) is 65.4 Å². The van der Waals surface area contributed by atoms with Crippen LogP contribution in [0.4, 0.5) is 15.9 Å². The lowest BCUT2D eigenvalue weighted by molar-refractivity contribution is -0.136. The van der Waals surface area contributed by atoms with E-state index in [9.17, 15) is 19.5 Å². The summed E-state index contributed by atoms with van der Waals surface area (Å²) in [6.07, 6.45) is 12.2. The number of piperidine rings is 3. The third-order valence-electron chi connectivity index (χ3n) is 17.7. The lowest BCUT2D eigenvalue weighted by Gasteiger charge is -2.56. The minimum Gasteiger partial charge on any atom is -0.508 e. The Morgan fingerprint density at radius 3 is 2.41 bits per heavy atom. The van der Waals surface area contributed by atoms with Crippen molar-refractivity contribution in [3.63, 3.8) is 0 Å². The van der Waals surface area contributed by atoms with Gasteiger partial charge in [0, 0.05) is 97.7 Å². The number of nitrogens with one attached hydrogen (secondary N) is 2. The maximum atomic E-state index is 17.2. The number of carbonyl (C=O) groups is 3. The Morgan fingerprint density at radius 2 is 1.66 bits per heavy atom. The zero-order valence-electron chi connectivity index (χ0n) is 40.6. The number of phenols is 1.